The Kier molecular flexibility index (Phi) is 7.44. The van der Waals surface area contributed by atoms with E-state index < -0.39 is 11.9 Å². The van der Waals surface area contributed by atoms with Gasteiger partial charge in [-0.25, -0.2) is 9.97 Å². The van der Waals surface area contributed by atoms with Gasteiger partial charge >= 0.3 is 19.5 Å². The Morgan fingerprint density at radius 3 is 1.41 bits per heavy atom. The van der Waals surface area contributed by atoms with Crippen LogP contribution in [0.25, 0.3) is 0 Å². The second-order valence-electron chi connectivity index (χ2n) is 2.25. The molecule has 2 aromatic heterocycles. The van der Waals surface area contributed by atoms with Crippen LogP contribution in [0.2, 0.25) is 0 Å². The van der Waals surface area contributed by atoms with Gasteiger partial charge in [0, 0.05) is 23.2 Å². The molecule has 0 aliphatic carbocycles. The topological polar surface area (TPSA) is 106 Å². The number of carboxylic acids is 2. The zero-order valence-corrected chi connectivity index (χ0v) is 13.0. The number of aromatic nitrogens is 2. The van der Waals surface area contributed by atoms with Crippen LogP contribution in [0.3, 0.4) is 0 Å². The Hall–Kier alpha value is -1.18. The fraction of sp³-hybridized carbons (Fsp3) is 0. The maximum absolute atomic E-state index is 9.90. The molecule has 6 nitrogen and oxygen atoms in total. The van der Waals surface area contributed by atoms with Crippen molar-refractivity contribution in [2.24, 2.45) is 0 Å². The molecule has 0 aliphatic rings. The number of thiazole rings is 2. The van der Waals surface area contributed by atoms with Gasteiger partial charge in [-0.1, -0.05) is 0 Å². The fourth-order valence-corrected chi connectivity index (χ4v) is 1.59. The molecular formula is C8H4N2O4S2Zn. The molecule has 2 rings (SSSR count). The van der Waals surface area contributed by atoms with E-state index in [1.807, 2.05) is 0 Å². The molecule has 2 heterocycles. The summed E-state index contributed by atoms with van der Waals surface area (Å²) in [7, 11) is 0. The van der Waals surface area contributed by atoms with Gasteiger partial charge in [0.05, 0.1) is 0 Å². The Morgan fingerprint density at radius 1 is 0.941 bits per heavy atom. The summed E-state index contributed by atoms with van der Waals surface area (Å²) in [6.07, 6.45) is 2.85. The minimum atomic E-state index is -1.21. The van der Waals surface area contributed by atoms with E-state index in [9.17, 15) is 19.8 Å². The van der Waals surface area contributed by atoms with Crippen LogP contribution < -0.4 is 10.2 Å². The summed E-state index contributed by atoms with van der Waals surface area (Å²) in [6.45, 7) is 0. The van der Waals surface area contributed by atoms with Crippen molar-refractivity contribution < 1.29 is 39.3 Å². The molecule has 0 spiro atoms. The van der Waals surface area contributed by atoms with Crippen molar-refractivity contribution in [3.8, 4) is 0 Å². The zero-order chi connectivity index (χ0) is 12.0. The molecule has 2 aromatic rings. The molecule has 0 amide bonds. The van der Waals surface area contributed by atoms with Crippen LogP contribution in [0.15, 0.2) is 23.2 Å². The van der Waals surface area contributed by atoms with Gasteiger partial charge in [-0.05, 0) is 0 Å². The monoisotopic (exact) mass is 320 g/mol. The number of rotatable bonds is 2. The first-order chi connectivity index (χ1) is 7.61. The Labute approximate surface area is 117 Å². The van der Waals surface area contributed by atoms with Crippen molar-refractivity contribution in [3.05, 3.63) is 33.2 Å². The van der Waals surface area contributed by atoms with Gasteiger partial charge in [0.15, 0.2) is 0 Å². The van der Waals surface area contributed by atoms with Crippen LogP contribution in [0.5, 0.6) is 0 Å². The average Bonchev–Trinajstić information content (AvgIpc) is 2.93. The van der Waals surface area contributed by atoms with Crippen molar-refractivity contribution >= 4 is 34.6 Å². The molecule has 0 aromatic carbocycles. The van der Waals surface area contributed by atoms with E-state index in [-0.39, 0.29) is 29.5 Å². The molecule has 0 N–H and O–H groups in total. The molecule has 0 bridgehead atoms. The van der Waals surface area contributed by atoms with Crippen LogP contribution in [-0.4, -0.2) is 21.9 Å². The van der Waals surface area contributed by atoms with E-state index in [0.717, 1.165) is 22.7 Å². The zero-order valence-electron chi connectivity index (χ0n) is 8.36. The van der Waals surface area contributed by atoms with Crippen molar-refractivity contribution in [1.82, 2.24) is 9.97 Å². The largest absolute Gasteiger partial charge is 2.00 e. The van der Waals surface area contributed by atoms with E-state index in [4.69, 9.17) is 0 Å². The summed E-state index contributed by atoms with van der Waals surface area (Å²) >= 11 is 2.12. The summed E-state index contributed by atoms with van der Waals surface area (Å²) in [5.41, 5.74) is 0. The quantitative estimate of drug-likeness (QED) is 0.658. The Bertz CT molecular complexity index is 414. The number of carboxylic acid groups (broad SMARTS) is 2. The van der Waals surface area contributed by atoms with E-state index in [1.165, 1.54) is 12.4 Å². The van der Waals surface area contributed by atoms with Gasteiger partial charge in [0.1, 0.15) is 22.0 Å². The number of hydrogen-bond donors (Lipinski definition) is 0. The molecule has 0 saturated heterocycles. The summed E-state index contributed by atoms with van der Waals surface area (Å²) in [6, 6.07) is 0. The van der Waals surface area contributed by atoms with Gasteiger partial charge in [-0.3, -0.25) is 0 Å². The Balaban J connectivity index is 0.000000284. The standard InChI is InChI=1S/2C4H3NO2S.Zn/c2*6-4(7)3-5-1-2-8-3;/h2*1-2H,(H,6,7);/q;;+2/p-2. The molecule has 0 radical (unpaired) electrons. The van der Waals surface area contributed by atoms with Gasteiger partial charge in [0.2, 0.25) is 0 Å². The third-order valence-electron chi connectivity index (χ3n) is 1.21. The van der Waals surface area contributed by atoms with Crippen LogP contribution in [0.1, 0.15) is 19.6 Å². The third kappa shape index (κ3) is 5.62. The molecule has 0 saturated carbocycles. The van der Waals surface area contributed by atoms with Gasteiger partial charge in [0.25, 0.3) is 0 Å². The summed E-state index contributed by atoms with van der Waals surface area (Å²) in [5, 5.41) is 23.0. The predicted octanol–water partition coefficient (Wildman–Crippen LogP) is -0.989. The molecule has 17 heavy (non-hydrogen) atoms. The Morgan fingerprint density at radius 2 is 1.29 bits per heavy atom. The van der Waals surface area contributed by atoms with E-state index in [0.29, 0.717) is 0 Å². The van der Waals surface area contributed by atoms with Crippen molar-refractivity contribution in [2.45, 2.75) is 0 Å². The SMILES string of the molecule is O=C([O-])c1nccs1.O=C([O-])c1nccs1.[Zn+2]. The third-order valence-corrected chi connectivity index (χ3v) is 2.72. The smallest absolute Gasteiger partial charge is 0.542 e. The van der Waals surface area contributed by atoms with Crippen LogP contribution in [0.4, 0.5) is 0 Å². The van der Waals surface area contributed by atoms with Crippen molar-refractivity contribution in [3.63, 3.8) is 0 Å². The van der Waals surface area contributed by atoms with Crippen LogP contribution >= 0.6 is 22.7 Å². The maximum Gasteiger partial charge on any atom is 2.00 e. The van der Waals surface area contributed by atoms with E-state index in [2.05, 4.69) is 9.97 Å². The minimum absolute atomic E-state index is 0. The molecule has 0 unspecified atom stereocenters. The number of hydrogen-bond acceptors (Lipinski definition) is 8. The summed E-state index contributed by atoms with van der Waals surface area (Å²) in [4.78, 5) is 26.7. The van der Waals surface area contributed by atoms with E-state index in [1.54, 1.807) is 10.8 Å². The normalized spacial score (nSPS) is 8.47. The first kappa shape index (κ1) is 15.8. The number of aromatic carboxylic acids is 2. The van der Waals surface area contributed by atoms with E-state index >= 15 is 0 Å². The summed E-state index contributed by atoms with van der Waals surface area (Å²) in [5.74, 6) is -2.42. The second kappa shape index (κ2) is 7.99. The van der Waals surface area contributed by atoms with Crippen molar-refractivity contribution in [1.29, 1.82) is 0 Å². The second-order valence-corrected chi connectivity index (χ2v) is 4.04. The average molecular weight is 322 g/mol. The number of nitrogens with zero attached hydrogens (tertiary/aromatic N) is 2. The molecule has 0 fully saturated rings. The molecule has 0 atom stereocenters. The molecular weight excluding hydrogens is 318 g/mol. The van der Waals surface area contributed by atoms with Gasteiger partial charge < -0.3 is 19.8 Å². The van der Waals surface area contributed by atoms with Crippen LogP contribution in [-0.2, 0) is 19.5 Å². The minimum Gasteiger partial charge on any atom is -0.542 e. The molecule has 9 heteroatoms. The van der Waals surface area contributed by atoms with Crippen LogP contribution in [0, 0.1) is 0 Å². The molecule has 84 valence electrons. The summed E-state index contributed by atoms with van der Waals surface area (Å²) < 4.78 is 0. The molecule has 0 aliphatic heterocycles. The number of carbonyl (C=O) groups excluding carboxylic acids is 2. The number of carbonyl (C=O) groups is 2. The maximum atomic E-state index is 9.90. The first-order valence-electron chi connectivity index (χ1n) is 3.83. The predicted molar refractivity (Wildman–Crippen MR) is 52.9 cm³/mol. The van der Waals surface area contributed by atoms with Gasteiger partial charge in [-0.2, -0.15) is 0 Å². The van der Waals surface area contributed by atoms with Gasteiger partial charge in [-0.15, -0.1) is 22.7 Å². The first-order valence-corrected chi connectivity index (χ1v) is 5.59. The van der Waals surface area contributed by atoms with Crippen molar-refractivity contribution in [2.75, 3.05) is 0 Å². The fourth-order valence-electron chi connectivity index (χ4n) is 0.649.